The molecule has 0 saturated carbocycles. The van der Waals surface area contributed by atoms with Gasteiger partial charge in [-0.2, -0.15) is 5.10 Å². The fourth-order valence-electron chi connectivity index (χ4n) is 1.43. The smallest absolute Gasteiger partial charge is 0.306 e. The lowest BCUT2D eigenvalue weighted by Crippen LogP contribution is -2.24. The first kappa shape index (κ1) is 13.1. The van der Waals surface area contributed by atoms with Crippen LogP contribution >= 0.6 is 11.6 Å². The average Bonchev–Trinajstić information content (AvgIpc) is 2.40. The summed E-state index contributed by atoms with van der Waals surface area (Å²) in [5, 5.41) is 7.02. The molecular formula is C14H12ClN3O. The van der Waals surface area contributed by atoms with Crippen LogP contribution in [0.5, 0.6) is 0 Å². The highest BCUT2D eigenvalue weighted by Gasteiger charge is 1.99. The van der Waals surface area contributed by atoms with Crippen LogP contribution in [0.1, 0.15) is 5.56 Å². The van der Waals surface area contributed by atoms with E-state index in [2.05, 4.69) is 15.8 Å². The zero-order valence-corrected chi connectivity index (χ0v) is 10.8. The van der Waals surface area contributed by atoms with Crippen molar-refractivity contribution >= 4 is 29.5 Å². The van der Waals surface area contributed by atoms with Crippen LogP contribution < -0.4 is 10.7 Å². The monoisotopic (exact) mass is 273 g/mol. The molecule has 0 aliphatic carbocycles. The zero-order chi connectivity index (χ0) is 13.5. The van der Waals surface area contributed by atoms with Gasteiger partial charge in [0.05, 0.1) is 6.21 Å². The number of carbonyl (C=O) groups is 1. The molecule has 0 radical (unpaired) electrons. The van der Waals surface area contributed by atoms with Crippen molar-refractivity contribution in [1.82, 2.24) is 5.43 Å². The number of nitrogens with one attached hydrogen (secondary N) is 2. The molecule has 4 nitrogen and oxygen atoms in total. The number of nitrogens with zero attached hydrogens (tertiary/aromatic N) is 1. The van der Waals surface area contributed by atoms with Gasteiger partial charge in [0.1, 0.15) is 0 Å². The summed E-state index contributed by atoms with van der Waals surface area (Å²) >= 11 is 5.81. The van der Waals surface area contributed by atoms with E-state index in [1.54, 1.807) is 30.5 Å². The van der Waals surface area contributed by atoms with Crippen molar-refractivity contribution < 1.29 is 4.79 Å². The first-order valence-corrected chi connectivity index (χ1v) is 6.02. The molecule has 2 aromatic carbocycles. The van der Waals surface area contributed by atoms with Gasteiger partial charge in [0.25, 0.3) is 0 Å². The highest BCUT2D eigenvalue weighted by atomic mass is 35.5. The number of benzene rings is 2. The Balaban J connectivity index is 1.87. The maximum atomic E-state index is 11.5. The molecule has 96 valence electrons. The average molecular weight is 274 g/mol. The van der Waals surface area contributed by atoms with Crippen molar-refractivity contribution in [3.63, 3.8) is 0 Å². The molecule has 0 fully saturated rings. The lowest BCUT2D eigenvalue weighted by molar-refractivity contribution is 0.252. The largest absolute Gasteiger partial charge is 0.339 e. The summed E-state index contributed by atoms with van der Waals surface area (Å²) in [6, 6.07) is 15.9. The number of anilines is 1. The Bertz CT molecular complexity index is 584. The molecule has 0 aliphatic rings. The van der Waals surface area contributed by atoms with Gasteiger partial charge < -0.3 is 5.32 Å². The Hall–Kier alpha value is -2.33. The number of hydrogen-bond acceptors (Lipinski definition) is 2. The van der Waals surface area contributed by atoms with Crippen LogP contribution in [0.3, 0.4) is 0 Å². The molecule has 0 spiro atoms. The second-order valence-corrected chi connectivity index (χ2v) is 4.18. The van der Waals surface area contributed by atoms with E-state index in [-0.39, 0.29) is 0 Å². The van der Waals surface area contributed by atoms with E-state index in [4.69, 9.17) is 11.6 Å². The topological polar surface area (TPSA) is 53.5 Å². The van der Waals surface area contributed by atoms with Gasteiger partial charge in [0.2, 0.25) is 0 Å². The summed E-state index contributed by atoms with van der Waals surface area (Å²) in [7, 11) is 0. The number of urea groups is 1. The zero-order valence-electron chi connectivity index (χ0n) is 10.0. The predicted octanol–water partition coefficient (Wildman–Crippen LogP) is 3.50. The standard InChI is InChI=1S/C14H12ClN3O/c15-12-7-4-8-13(9-12)17-14(19)18-16-10-11-5-2-1-3-6-11/h1-10H,(H2,17,18,19). The van der Waals surface area contributed by atoms with Gasteiger partial charge in [-0.15, -0.1) is 0 Å². The van der Waals surface area contributed by atoms with Gasteiger partial charge in [-0.3, -0.25) is 0 Å². The summed E-state index contributed by atoms with van der Waals surface area (Å²) in [5.74, 6) is 0. The van der Waals surface area contributed by atoms with E-state index in [0.717, 1.165) is 5.56 Å². The van der Waals surface area contributed by atoms with Crippen LogP contribution in [0.4, 0.5) is 10.5 Å². The Labute approximate surface area is 116 Å². The van der Waals surface area contributed by atoms with E-state index in [1.165, 1.54) is 0 Å². The first-order chi connectivity index (χ1) is 9.24. The second-order valence-electron chi connectivity index (χ2n) is 3.75. The second kappa shape index (κ2) is 6.56. The normalized spacial score (nSPS) is 10.4. The van der Waals surface area contributed by atoms with Crippen molar-refractivity contribution in [1.29, 1.82) is 0 Å². The third kappa shape index (κ3) is 4.44. The van der Waals surface area contributed by atoms with E-state index in [0.29, 0.717) is 10.7 Å². The molecule has 0 heterocycles. The Morgan fingerprint density at radius 1 is 1.11 bits per heavy atom. The van der Waals surface area contributed by atoms with Crippen LogP contribution in [0.2, 0.25) is 5.02 Å². The molecule has 2 amide bonds. The number of halogens is 1. The van der Waals surface area contributed by atoms with Crippen molar-refractivity contribution in [3.8, 4) is 0 Å². The number of amides is 2. The summed E-state index contributed by atoms with van der Waals surface area (Å²) in [5.41, 5.74) is 3.89. The number of hydrogen-bond donors (Lipinski definition) is 2. The minimum Gasteiger partial charge on any atom is -0.306 e. The molecule has 2 N–H and O–H groups in total. The molecule has 0 aliphatic heterocycles. The lowest BCUT2D eigenvalue weighted by atomic mass is 10.2. The molecule has 0 aromatic heterocycles. The van der Waals surface area contributed by atoms with Gasteiger partial charge >= 0.3 is 6.03 Å². The molecule has 0 bridgehead atoms. The SMILES string of the molecule is O=C(NN=Cc1ccccc1)Nc1cccc(Cl)c1. The van der Waals surface area contributed by atoms with Crippen LogP contribution in [0, 0.1) is 0 Å². The Morgan fingerprint density at radius 2 is 1.89 bits per heavy atom. The highest BCUT2D eigenvalue weighted by Crippen LogP contribution is 2.14. The summed E-state index contributed by atoms with van der Waals surface area (Å²) < 4.78 is 0. The van der Waals surface area contributed by atoms with E-state index < -0.39 is 6.03 Å². The minimum atomic E-state index is -0.422. The number of rotatable bonds is 3. The fourth-order valence-corrected chi connectivity index (χ4v) is 1.62. The molecule has 5 heteroatoms. The van der Waals surface area contributed by atoms with Gasteiger partial charge in [-0.1, -0.05) is 48.0 Å². The Morgan fingerprint density at radius 3 is 2.63 bits per heavy atom. The number of carbonyl (C=O) groups excluding carboxylic acids is 1. The predicted molar refractivity (Wildman–Crippen MR) is 77.6 cm³/mol. The van der Waals surface area contributed by atoms with Gasteiger partial charge in [-0.25, -0.2) is 10.2 Å². The molecule has 19 heavy (non-hydrogen) atoms. The van der Waals surface area contributed by atoms with Gasteiger partial charge in [-0.05, 0) is 23.8 Å². The summed E-state index contributed by atoms with van der Waals surface area (Å²) in [6.45, 7) is 0. The highest BCUT2D eigenvalue weighted by molar-refractivity contribution is 6.30. The third-order valence-corrected chi connectivity index (χ3v) is 2.50. The van der Waals surface area contributed by atoms with Crippen LogP contribution in [0.25, 0.3) is 0 Å². The van der Waals surface area contributed by atoms with Crippen molar-refractivity contribution in [2.75, 3.05) is 5.32 Å². The van der Waals surface area contributed by atoms with Gasteiger partial charge in [0, 0.05) is 10.7 Å². The van der Waals surface area contributed by atoms with Crippen LogP contribution in [-0.2, 0) is 0 Å². The van der Waals surface area contributed by atoms with Crippen molar-refractivity contribution in [2.24, 2.45) is 5.10 Å². The van der Waals surface area contributed by atoms with Crippen molar-refractivity contribution in [2.45, 2.75) is 0 Å². The molecule has 2 rings (SSSR count). The summed E-state index contributed by atoms with van der Waals surface area (Å²) in [4.78, 5) is 11.5. The fraction of sp³-hybridized carbons (Fsp3) is 0. The summed E-state index contributed by atoms with van der Waals surface area (Å²) in [6.07, 6.45) is 1.57. The van der Waals surface area contributed by atoms with Gasteiger partial charge in [0.15, 0.2) is 0 Å². The van der Waals surface area contributed by atoms with E-state index >= 15 is 0 Å². The third-order valence-electron chi connectivity index (χ3n) is 2.26. The molecule has 2 aromatic rings. The minimum absolute atomic E-state index is 0.422. The number of hydrazone groups is 1. The molecule has 0 unspecified atom stereocenters. The first-order valence-electron chi connectivity index (χ1n) is 5.65. The maximum Gasteiger partial charge on any atom is 0.339 e. The van der Waals surface area contributed by atoms with Crippen LogP contribution in [0.15, 0.2) is 59.7 Å². The van der Waals surface area contributed by atoms with E-state index in [1.807, 2.05) is 30.3 Å². The van der Waals surface area contributed by atoms with Crippen molar-refractivity contribution in [3.05, 3.63) is 65.2 Å². The maximum absolute atomic E-state index is 11.5. The molecular weight excluding hydrogens is 262 g/mol. The quantitative estimate of drug-likeness (QED) is 0.653. The molecule has 0 saturated heterocycles. The Kier molecular flexibility index (Phi) is 4.53. The lowest BCUT2D eigenvalue weighted by Gasteiger charge is -2.03. The van der Waals surface area contributed by atoms with E-state index in [9.17, 15) is 4.79 Å². The van der Waals surface area contributed by atoms with Crippen LogP contribution in [-0.4, -0.2) is 12.2 Å². The molecule has 0 atom stereocenters.